The smallest absolute Gasteiger partial charge is 0.122 e. The minimum atomic E-state index is 0.514. The van der Waals surface area contributed by atoms with E-state index in [0.29, 0.717) is 5.92 Å². The number of para-hydroxylation sites is 1. The summed E-state index contributed by atoms with van der Waals surface area (Å²) in [6.45, 7) is 9.11. The van der Waals surface area contributed by atoms with Gasteiger partial charge in [-0.25, -0.2) is 0 Å². The molecule has 0 bridgehead atoms. The van der Waals surface area contributed by atoms with Crippen molar-refractivity contribution in [2.45, 2.75) is 26.7 Å². The van der Waals surface area contributed by atoms with Crippen LogP contribution in [-0.2, 0) is 0 Å². The van der Waals surface area contributed by atoms with Gasteiger partial charge < -0.3 is 10.1 Å². The molecule has 0 atom stereocenters. The van der Waals surface area contributed by atoms with Gasteiger partial charge in [0.1, 0.15) is 12.4 Å². The molecule has 1 rings (SSSR count). The number of likely N-dealkylation sites (N-methyl/N-ethyl adjacent to an activating group) is 1. The number of nitrogens with one attached hydrogen (secondary N) is 1. The molecule has 0 saturated heterocycles. The van der Waals surface area contributed by atoms with Crippen LogP contribution in [0.2, 0.25) is 0 Å². The van der Waals surface area contributed by atoms with Crippen LogP contribution in [0.3, 0.4) is 0 Å². The number of hydrogen-bond acceptors (Lipinski definition) is 2. The van der Waals surface area contributed by atoms with Crippen LogP contribution >= 0.6 is 0 Å². The molecule has 84 valence electrons. The van der Waals surface area contributed by atoms with Gasteiger partial charge in [0, 0.05) is 6.54 Å². The van der Waals surface area contributed by atoms with Crippen LogP contribution in [0.25, 0.3) is 0 Å². The van der Waals surface area contributed by atoms with Crippen molar-refractivity contribution in [3.8, 4) is 5.75 Å². The van der Waals surface area contributed by atoms with Gasteiger partial charge in [0.05, 0.1) is 0 Å². The van der Waals surface area contributed by atoms with Crippen molar-refractivity contribution in [3.05, 3.63) is 29.8 Å². The Morgan fingerprint density at radius 3 is 2.67 bits per heavy atom. The number of hydrogen-bond donors (Lipinski definition) is 1. The highest BCUT2D eigenvalue weighted by Gasteiger charge is 2.05. The maximum atomic E-state index is 5.74. The number of benzene rings is 1. The zero-order valence-electron chi connectivity index (χ0n) is 9.92. The highest BCUT2D eigenvalue weighted by Crippen LogP contribution is 2.25. The van der Waals surface area contributed by atoms with Crippen molar-refractivity contribution in [1.82, 2.24) is 5.32 Å². The number of rotatable bonds is 6. The third-order valence-corrected chi connectivity index (χ3v) is 2.33. The minimum Gasteiger partial charge on any atom is -0.492 e. The maximum absolute atomic E-state index is 5.74. The topological polar surface area (TPSA) is 21.3 Å². The van der Waals surface area contributed by atoms with E-state index in [1.165, 1.54) is 5.56 Å². The Hall–Kier alpha value is -1.02. The van der Waals surface area contributed by atoms with Crippen LogP contribution in [0, 0.1) is 0 Å². The molecule has 0 aliphatic heterocycles. The molecule has 0 amide bonds. The molecule has 0 radical (unpaired) electrons. The quantitative estimate of drug-likeness (QED) is 0.724. The molecule has 15 heavy (non-hydrogen) atoms. The van der Waals surface area contributed by atoms with Gasteiger partial charge in [0.15, 0.2) is 0 Å². The first-order valence-electron chi connectivity index (χ1n) is 5.68. The summed E-state index contributed by atoms with van der Waals surface area (Å²) < 4.78 is 5.74. The summed E-state index contributed by atoms with van der Waals surface area (Å²) in [4.78, 5) is 0. The van der Waals surface area contributed by atoms with Gasteiger partial charge in [0.25, 0.3) is 0 Å². The summed E-state index contributed by atoms with van der Waals surface area (Å²) in [6.07, 6.45) is 0. The third kappa shape index (κ3) is 3.92. The van der Waals surface area contributed by atoms with Gasteiger partial charge in [-0.1, -0.05) is 39.0 Å². The zero-order chi connectivity index (χ0) is 11.1. The Morgan fingerprint density at radius 1 is 1.27 bits per heavy atom. The van der Waals surface area contributed by atoms with Crippen molar-refractivity contribution in [1.29, 1.82) is 0 Å². The van der Waals surface area contributed by atoms with Gasteiger partial charge >= 0.3 is 0 Å². The van der Waals surface area contributed by atoms with E-state index in [1.54, 1.807) is 0 Å². The monoisotopic (exact) mass is 207 g/mol. The van der Waals surface area contributed by atoms with Crippen molar-refractivity contribution in [3.63, 3.8) is 0 Å². The summed E-state index contributed by atoms with van der Waals surface area (Å²) >= 11 is 0. The first kappa shape index (κ1) is 12.1. The predicted molar refractivity (Wildman–Crippen MR) is 64.6 cm³/mol. The summed E-state index contributed by atoms with van der Waals surface area (Å²) in [6, 6.07) is 8.26. The summed E-state index contributed by atoms with van der Waals surface area (Å²) in [7, 11) is 0. The fourth-order valence-corrected chi connectivity index (χ4v) is 1.50. The summed E-state index contributed by atoms with van der Waals surface area (Å²) in [5.41, 5.74) is 1.29. The van der Waals surface area contributed by atoms with E-state index in [9.17, 15) is 0 Å². The van der Waals surface area contributed by atoms with Crippen LogP contribution in [-0.4, -0.2) is 19.7 Å². The van der Waals surface area contributed by atoms with E-state index in [4.69, 9.17) is 4.74 Å². The Kier molecular flexibility index (Phi) is 5.19. The van der Waals surface area contributed by atoms with Gasteiger partial charge in [-0.2, -0.15) is 0 Å². The van der Waals surface area contributed by atoms with Crippen molar-refractivity contribution in [2.24, 2.45) is 0 Å². The molecule has 2 nitrogen and oxygen atoms in total. The van der Waals surface area contributed by atoms with Gasteiger partial charge in [-0.15, -0.1) is 0 Å². The summed E-state index contributed by atoms with van der Waals surface area (Å²) in [5, 5.41) is 3.24. The predicted octanol–water partition coefficient (Wildman–Crippen LogP) is 2.80. The molecule has 0 aromatic heterocycles. The van der Waals surface area contributed by atoms with E-state index in [0.717, 1.165) is 25.4 Å². The molecule has 0 saturated carbocycles. The molecule has 0 spiro atoms. The molecule has 0 aliphatic rings. The second-order valence-electron chi connectivity index (χ2n) is 3.89. The zero-order valence-corrected chi connectivity index (χ0v) is 9.92. The molecule has 1 aromatic rings. The first-order chi connectivity index (χ1) is 7.25. The first-order valence-corrected chi connectivity index (χ1v) is 5.68. The normalized spacial score (nSPS) is 10.7. The van der Waals surface area contributed by atoms with Crippen molar-refractivity contribution in [2.75, 3.05) is 19.7 Å². The Labute approximate surface area is 92.6 Å². The minimum absolute atomic E-state index is 0.514. The van der Waals surface area contributed by atoms with Crippen LogP contribution in [0.15, 0.2) is 24.3 Å². The summed E-state index contributed by atoms with van der Waals surface area (Å²) in [5.74, 6) is 1.53. The molecule has 0 fully saturated rings. The van der Waals surface area contributed by atoms with E-state index in [-0.39, 0.29) is 0 Å². The van der Waals surface area contributed by atoms with Crippen LogP contribution in [0.1, 0.15) is 32.3 Å². The Bertz CT molecular complexity index is 284. The molecule has 1 N–H and O–H groups in total. The highest BCUT2D eigenvalue weighted by atomic mass is 16.5. The lowest BCUT2D eigenvalue weighted by Crippen LogP contribution is -2.20. The average molecular weight is 207 g/mol. The maximum Gasteiger partial charge on any atom is 0.122 e. The molecular formula is C13H21NO. The lowest BCUT2D eigenvalue weighted by atomic mass is 10.0. The lowest BCUT2D eigenvalue weighted by molar-refractivity contribution is 0.311. The average Bonchev–Trinajstić information content (AvgIpc) is 2.25. The standard InChI is InChI=1S/C13H21NO/c1-4-14-9-10-15-13-8-6-5-7-12(13)11(2)3/h5-8,11,14H,4,9-10H2,1-3H3. The highest BCUT2D eigenvalue weighted by molar-refractivity contribution is 5.35. The van der Waals surface area contributed by atoms with Gasteiger partial charge in [-0.05, 0) is 24.1 Å². The molecule has 0 unspecified atom stereocenters. The Morgan fingerprint density at radius 2 is 2.00 bits per heavy atom. The van der Waals surface area contributed by atoms with Crippen LogP contribution < -0.4 is 10.1 Å². The molecule has 1 aromatic carbocycles. The van der Waals surface area contributed by atoms with Crippen molar-refractivity contribution >= 4 is 0 Å². The third-order valence-electron chi connectivity index (χ3n) is 2.33. The van der Waals surface area contributed by atoms with Crippen molar-refractivity contribution < 1.29 is 4.74 Å². The molecule has 0 aliphatic carbocycles. The largest absolute Gasteiger partial charge is 0.492 e. The van der Waals surface area contributed by atoms with E-state index >= 15 is 0 Å². The van der Waals surface area contributed by atoms with E-state index in [1.807, 2.05) is 12.1 Å². The fourth-order valence-electron chi connectivity index (χ4n) is 1.50. The van der Waals surface area contributed by atoms with Crippen LogP contribution in [0.5, 0.6) is 5.75 Å². The van der Waals surface area contributed by atoms with Crippen LogP contribution in [0.4, 0.5) is 0 Å². The van der Waals surface area contributed by atoms with Gasteiger partial charge in [0.2, 0.25) is 0 Å². The van der Waals surface area contributed by atoms with Gasteiger partial charge in [-0.3, -0.25) is 0 Å². The van der Waals surface area contributed by atoms with E-state index < -0.39 is 0 Å². The second kappa shape index (κ2) is 6.46. The fraction of sp³-hybridized carbons (Fsp3) is 0.538. The Balaban J connectivity index is 2.52. The SMILES string of the molecule is CCNCCOc1ccccc1C(C)C. The van der Waals surface area contributed by atoms with E-state index in [2.05, 4.69) is 38.2 Å². The number of ether oxygens (including phenoxy) is 1. The molecule has 2 heteroatoms. The molecular weight excluding hydrogens is 186 g/mol. The lowest BCUT2D eigenvalue weighted by Gasteiger charge is -2.13. The second-order valence-corrected chi connectivity index (χ2v) is 3.89. The molecule has 0 heterocycles.